The Morgan fingerprint density at radius 2 is 1.83 bits per heavy atom. The van der Waals surface area contributed by atoms with Gasteiger partial charge in [-0.25, -0.2) is 4.79 Å². The number of nitrogens with zero attached hydrogens (tertiary/aromatic N) is 1. The average Bonchev–Trinajstić information content (AvgIpc) is 2.55. The predicted octanol–water partition coefficient (Wildman–Crippen LogP) is 4.30. The number of rotatable bonds is 6. The van der Waals surface area contributed by atoms with E-state index in [1.807, 2.05) is 37.3 Å². The largest absolute Gasteiger partial charge is 0.471 e. The number of amides is 2. The van der Waals surface area contributed by atoms with E-state index in [1.165, 1.54) is 0 Å². The van der Waals surface area contributed by atoms with Crippen LogP contribution in [0, 0.1) is 0 Å². The van der Waals surface area contributed by atoms with E-state index in [2.05, 4.69) is 5.32 Å². The SMILES string of the molecule is CCN(Cc1ccccc1)C(=O)NC(C)Oc1ccc(Cl)cc1. The standard InChI is InChI=1S/C18H21ClN2O2/c1-3-21(13-15-7-5-4-6-8-15)18(22)20-14(2)23-17-11-9-16(19)10-12-17/h4-12,14H,3,13H2,1-2H3,(H,20,22). The summed E-state index contributed by atoms with van der Waals surface area (Å²) in [4.78, 5) is 14.1. The number of hydrogen-bond acceptors (Lipinski definition) is 2. The number of hydrogen-bond donors (Lipinski definition) is 1. The van der Waals surface area contributed by atoms with Crippen LogP contribution in [0.4, 0.5) is 4.79 Å². The Bertz CT molecular complexity index is 617. The Kier molecular flexibility index (Phi) is 6.29. The normalized spacial score (nSPS) is 11.6. The quantitative estimate of drug-likeness (QED) is 0.801. The van der Waals surface area contributed by atoms with Gasteiger partial charge in [0.2, 0.25) is 0 Å². The van der Waals surface area contributed by atoms with E-state index in [0.29, 0.717) is 23.9 Å². The minimum Gasteiger partial charge on any atom is -0.471 e. The molecule has 4 nitrogen and oxygen atoms in total. The molecule has 0 saturated carbocycles. The molecular weight excluding hydrogens is 312 g/mol. The Hall–Kier alpha value is -2.20. The number of carbonyl (C=O) groups excluding carboxylic acids is 1. The van der Waals surface area contributed by atoms with Crippen molar-refractivity contribution in [1.82, 2.24) is 10.2 Å². The highest BCUT2D eigenvalue weighted by Crippen LogP contribution is 2.16. The predicted molar refractivity (Wildman–Crippen MR) is 92.6 cm³/mol. The van der Waals surface area contributed by atoms with Crippen molar-refractivity contribution in [2.24, 2.45) is 0 Å². The molecule has 0 aromatic heterocycles. The molecule has 2 amide bonds. The lowest BCUT2D eigenvalue weighted by Gasteiger charge is -2.24. The van der Waals surface area contributed by atoms with Crippen molar-refractivity contribution in [3.8, 4) is 5.75 Å². The van der Waals surface area contributed by atoms with Crippen LogP contribution in [0.1, 0.15) is 19.4 Å². The summed E-state index contributed by atoms with van der Waals surface area (Å²) in [6.07, 6.45) is -0.437. The van der Waals surface area contributed by atoms with E-state index in [-0.39, 0.29) is 6.03 Å². The smallest absolute Gasteiger partial charge is 0.320 e. The Labute approximate surface area is 142 Å². The van der Waals surface area contributed by atoms with Gasteiger partial charge in [0.25, 0.3) is 0 Å². The third-order valence-electron chi connectivity index (χ3n) is 3.34. The third-order valence-corrected chi connectivity index (χ3v) is 3.59. The van der Waals surface area contributed by atoms with Gasteiger partial charge in [-0.3, -0.25) is 0 Å². The minimum absolute atomic E-state index is 0.155. The second-order valence-electron chi connectivity index (χ2n) is 5.16. The molecule has 0 fully saturated rings. The minimum atomic E-state index is -0.437. The zero-order valence-corrected chi connectivity index (χ0v) is 14.1. The summed E-state index contributed by atoms with van der Waals surface area (Å²) in [6.45, 7) is 4.93. The van der Waals surface area contributed by atoms with Crippen molar-refractivity contribution >= 4 is 17.6 Å². The molecular formula is C18H21ClN2O2. The lowest BCUT2D eigenvalue weighted by Crippen LogP contribution is -2.45. The molecule has 5 heteroatoms. The molecule has 1 N–H and O–H groups in total. The summed E-state index contributed by atoms with van der Waals surface area (Å²) in [5.41, 5.74) is 1.09. The van der Waals surface area contributed by atoms with Gasteiger partial charge in [-0.15, -0.1) is 0 Å². The van der Waals surface area contributed by atoms with Crippen LogP contribution >= 0.6 is 11.6 Å². The summed E-state index contributed by atoms with van der Waals surface area (Å²) in [6, 6.07) is 16.8. The van der Waals surface area contributed by atoms with Gasteiger partial charge in [0, 0.05) is 18.1 Å². The highest BCUT2D eigenvalue weighted by molar-refractivity contribution is 6.30. The second-order valence-corrected chi connectivity index (χ2v) is 5.60. The number of carbonyl (C=O) groups is 1. The molecule has 0 aliphatic carbocycles. The first kappa shape index (κ1) is 17.2. The molecule has 23 heavy (non-hydrogen) atoms. The fourth-order valence-corrected chi connectivity index (χ4v) is 2.27. The zero-order chi connectivity index (χ0) is 16.7. The Morgan fingerprint density at radius 1 is 1.17 bits per heavy atom. The van der Waals surface area contributed by atoms with Gasteiger partial charge >= 0.3 is 6.03 Å². The molecule has 2 rings (SSSR count). The zero-order valence-electron chi connectivity index (χ0n) is 13.3. The third kappa shape index (κ3) is 5.49. The molecule has 0 aliphatic rings. The van der Waals surface area contributed by atoms with E-state index in [9.17, 15) is 4.79 Å². The van der Waals surface area contributed by atoms with Crippen LogP contribution in [-0.4, -0.2) is 23.7 Å². The molecule has 0 aliphatic heterocycles. The molecule has 1 atom stereocenters. The van der Waals surface area contributed by atoms with E-state index in [1.54, 1.807) is 36.1 Å². The summed E-state index contributed by atoms with van der Waals surface area (Å²) in [5, 5.41) is 3.49. The number of ether oxygens (including phenoxy) is 1. The number of nitrogens with one attached hydrogen (secondary N) is 1. The highest BCUT2D eigenvalue weighted by Gasteiger charge is 2.15. The van der Waals surface area contributed by atoms with Gasteiger partial charge in [0.15, 0.2) is 6.23 Å². The lowest BCUT2D eigenvalue weighted by molar-refractivity contribution is 0.153. The van der Waals surface area contributed by atoms with Crippen molar-refractivity contribution in [2.75, 3.05) is 6.54 Å². The first-order valence-electron chi connectivity index (χ1n) is 7.60. The molecule has 0 bridgehead atoms. The summed E-state index contributed by atoms with van der Waals surface area (Å²) < 4.78 is 5.67. The number of urea groups is 1. The highest BCUT2D eigenvalue weighted by atomic mass is 35.5. The average molecular weight is 333 g/mol. The van der Waals surface area contributed by atoms with E-state index < -0.39 is 6.23 Å². The van der Waals surface area contributed by atoms with Crippen molar-refractivity contribution in [3.63, 3.8) is 0 Å². The second kappa shape index (κ2) is 8.44. The molecule has 0 heterocycles. The van der Waals surface area contributed by atoms with E-state index in [0.717, 1.165) is 5.56 Å². The van der Waals surface area contributed by atoms with Crippen LogP contribution in [0.25, 0.3) is 0 Å². The van der Waals surface area contributed by atoms with Gasteiger partial charge in [0.05, 0.1) is 0 Å². The summed E-state index contributed by atoms with van der Waals surface area (Å²) in [7, 11) is 0. The van der Waals surface area contributed by atoms with Crippen molar-refractivity contribution in [1.29, 1.82) is 0 Å². The topological polar surface area (TPSA) is 41.6 Å². The Morgan fingerprint density at radius 3 is 2.43 bits per heavy atom. The van der Waals surface area contributed by atoms with Crippen molar-refractivity contribution in [2.45, 2.75) is 26.6 Å². The van der Waals surface area contributed by atoms with Gasteiger partial charge < -0.3 is 15.0 Å². The van der Waals surface area contributed by atoms with Crippen LogP contribution in [0.2, 0.25) is 5.02 Å². The van der Waals surface area contributed by atoms with Gasteiger partial charge in [0.1, 0.15) is 5.75 Å². The van der Waals surface area contributed by atoms with Gasteiger partial charge in [-0.2, -0.15) is 0 Å². The van der Waals surface area contributed by atoms with Crippen molar-refractivity contribution in [3.05, 3.63) is 65.2 Å². The molecule has 2 aromatic carbocycles. The molecule has 2 aromatic rings. The molecule has 122 valence electrons. The fourth-order valence-electron chi connectivity index (χ4n) is 2.14. The molecule has 0 saturated heterocycles. The van der Waals surface area contributed by atoms with Crippen molar-refractivity contribution < 1.29 is 9.53 Å². The van der Waals surface area contributed by atoms with Crippen LogP contribution in [0.5, 0.6) is 5.75 Å². The Balaban J connectivity index is 1.89. The fraction of sp³-hybridized carbons (Fsp3) is 0.278. The molecule has 0 spiro atoms. The van der Waals surface area contributed by atoms with E-state index in [4.69, 9.17) is 16.3 Å². The maximum atomic E-state index is 12.3. The van der Waals surface area contributed by atoms with Gasteiger partial charge in [-0.05, 0) is 43.7 Å². The summed E-state index contributed by atoms with van der Waals surface area (Å²) in [5.74, 6) is 0.660. The number of halogens is 1. The summed E-state index contributed by atoms with van der Waals surface area (Å²) >= 11 is 5.84. The first-order chi connectivity index (χ1) is 11.1. The molecule has 1 unspecified atom stereocenters. The van der Waals surface area contributed by atoms with Crippen LogP contribution in [0.15, 0.2) is 54.6 Å². The monoisotopic (exact) mass is 332 g/mol. The van der Waals surface area contributed by atoms with Crippen LogP contribution < -0.4 is 10.1 Å². The number of benzene rings is 2. The maximum absolute atomic E-state index is 12.3. The van der Waals surface area contributed by atoms with Crippen LogP contribution in [0.3, 0.4) is 0 Å². The maximum Gasteiger partial charge on any atom is 0.320 e. The van der Waals surface area contributed by atoms with Crippen LogP contribution in [-0.2, 0) is 6.54 Å². The van der Waals surface area contributed by atoms with E-state index >= 15 is 0 Å². The lowest BCUT2D eigenvalue weighted by atomic mass is 10.2. The first-order valence-corrected chi connectivity index (χ1v) is 7.98. The van der Waals surface area contributed by atoms with Gasteiger partial charge in [-0.1, -0.05) is 41.9 Å². The molecule has 0 radical (unpaired) electrons.